The predicted octanol–water partition coefficient (Wildman–Crippen LogP) is 2.96. The van der Waals surface area contributed by atoms with Crippen LogP contribution in [0, 0.1) is 11.3 Å². The van der Waals surface area contributed by atoms with Gasteiger partial charge in [-0.1, -0.05) is 15.9 Å². The molecule has 0 saturated carbocycles. The molecule has 0 radical (unpaired) electrons. The topological polar surface area (TPSA) is 63.0 Å². The first kappa shape index (κ1) is 14.5. The van der Waals surface area contributed by atoms with Gasteiger partial charge < -0.3 is 4.74 Å². The molecule has 96 valence electrons. The summed E-state index contributed by atoms with van der Waals surface area (Å²) in [6.07, 6.45) is -2.91. The molecule has 0 aliphatic rings. The van der Waals surface area contributed by atoms with E-state index < -0.39 is 18.1 Å². The molecule has 0 bridgehead atoms. The monoisotopic (exact) mass is 318 g/mol. The van der Waals surface area contributed by atoms with Crippen molar-refractivity contribution in [1.29, 1.82) is 5.26 Å². The van der Waals surface area contributed by atoms with Crippen LogP contribution < -0.4 is 0 Å². The molecule has 0 amide bonds. The number of carbonyl (C=O) groups is 1. The summed E-state index contributed by atoms with van der Waals surface area (Å²) in [4.78, 5) is 15.2. The number of ether oxygens (including phenoxy) is 1. The first-order valence-electron chi connectivity index (χ1n) is 5.00. The zero-order chi connectivity index (χ0) is 13.7. The standard InChI is InChI=1S/C11H9BrF2N2O2/c1-2-18-11(17)7-3-6(5-15)8(4-12)16-9(7)10(13)14/h3,10H,2,4H2,1H3. The summed E-state index contributed by atoms with van der Waals surface area (Å²) < 4.78 is 30.3. The zero-order valence-electron chi connectivity index (χ0n) is 9.41. The molecular weight excluding hydrogens is 310 g/mol. The van der Waals surface area contributed by atoms with Crippen LogP contribution >= 0.6 is 15.9 Å². The fraction of sp³-hybridized carbons (Fsp3) is 0.364. The minimum Gasteiger partial charge on any atom is -0.462 e. The molecule has 0 fully saturated rings. The summed E-state index contributed by atoms with van der Waals surface area (Å²) in [5, 5.41) is 9.02. The second-order valence-corrected chi connectivity index (χ2v) is 3.74. The molecule has 4 nitrogen and oxygen atoms in total. The minimum atomic E-state index is -2.91. The largest absolute Gasteiger partial charge is 0.462 e. The van der Waals surface area contributed by atoms with E-state index in [-0.39, 0.29) is 28.8 Å². The molecule has 0 spiro atoms. The Morgan fingerprint density at radius 3 is 2.78 bits per heavy atom. The lowest BCUT2D eigenvalue weighted by Gasteiger charge is -2.10. The Kier molecular flexibility index (Phi) is 5.16. The van der Waals surface area contributed by atoms with Crippen LogP contribution in [0.3, 0.4) is 0 Å². The maximum Gasteiger partial charge on any atom is 0.340 e. The fourth-order valence-electron chi connectivity index (χ4n) is 1.30. The molecule has 7 heteroatoms. The van der Waals surface area contributed by atoms with E-state index in [0.717, 1.165) is 6.07 Å². The molecule has 0 aliphatic heterocycles. The highest BCUT2D eigenvalue weighted by molar-refractivity contribution is 9.08. The lowest BCUT2D eigenvalue weighted by atomic mass is 10.1. The maximum absolute atomic E-state index is 12.8. The Morgan fingerprint density at radius 1 is 1.67 bits per heavy atom. The molecule has 1 aromatic heterocycles. The molecule has 1 aromatic rings. The van der Waals surface area contributed by atoms with Crippen LogP contribution in [0.1, 0.15) is 40.7 Å². The van der Waals surface area contributed by atoms with Crippen LogP contribution in [-0.2, 0) is 10.1 Å². The van der Waals surface area contributed by atoms with Gasteiger partial charge in [-0.05, 0) is 13.0 Å². The van der Waals surface area contributed by atoms with Gasteiger partial charge in [0.2, 0.25) is 0 Å². The summed E-state index contributed by atoms with van der Waals surface area (Å²) in [5.74, 6) is -0.905. The normalized spacial score (nSPS) is 10.2. The van der Waals surface area contributed by atoms with Gasteiger partial charge in [0.05, 0.1) is 23.4 Å². The summed E-state index contributed by atoms with van der Waals surface area (Å²) >= 11 is 3.05. The Morgan fingerprint density at radius 2 is 2.33 bits per heavy atom. The Balaban J connectivity index is 3.39. The van der Waals surface area contributed by atoms with E-state index in [1.807, 2.05) is 0 Å². The van der Waals surface area contributed by atoms with Crippen molar-refractivity contribution in [3.8, 4) is 6.07 Å². The maximum atomic E-state index is 12.8. The number of pyridine rings is 1. The number of nitriles is 1. The van der Waals surface area contributed by atoms with Crippen molar-refractivity contribution in [3.63, 3.8) is 0 Å². The fourth-order valence-corrected chi connectivity index (χ4v) is 1.73. The summed E-state index contributed by atoms with van der Waals surface area (Å²) in [7, 11) is 0. The van der Waals surface area contributed by atoms with Crippen molar-refractivity contribution in [3.05, 3.63) is 28.6 Å². The van der Waals surface area contributed by atoms with Crippen molar-refractivity contribution >= 4 is 21.9 Å². The van der Waals surface area contributed by atoms with E-state index in [1.54, 1.807) is 13.0 Å². The third-order valence-electron chi connectivity index (χ3n) is 2.08. The lowest BCUT2D eigenvalue weighted by molar-refractivity contribution is 0.0513. The number of hydrogen-bond donors (Lipinski definition) is 0. The lowest BCUT2D eigenvalue weighted by Crippen LogP contribution is -2.12. The van der Waals surface area contributed by atoms with Gasteiger partial charge in [0.25, 0.3) is 6.43 Å². The molecule has 18 heavy (non-hydrogen) atoms. The molecule has 0 atom stereocenters. The number of aromatic nitrogens is 1. The molecule has 0 saturated heterocycles. The quantitative estimate of drug-likeness (QED) is 0.632. The van der Waals surface area contributed by atoms with Crippen molar-refractivity contribution < 1.29 is 18.3 Å². The van der Waals surface area contributed by atoms with Crippen LogP contribution in [0.5, 0.6) is 0 Å². The van der Waals surface area contributed by atoms with Crippen LogP contribution in [0.15, 0.2) is 6.07 Å². The van der Waals surface area contributed by atoms with Gasteiger partial charge in [-0.25, -0.2) is 18.6 Å². The van der Waals surface area contributed by atoms with Crippen molar-refractivity contribution in [2.45, 2.75) is 18.7 Å². The first-order valence-corrected chi connectivity index (χ1v) is 6.12. The molecule has 0 aromatic carbocycles. The highest BCUT2D eigenvalue weighted by atomic mass is 79.9. The Hall–Kier alpha value is -1.55. The number of halogens is 3. The highest BCUT2D eigenvalue weighted by Gasteiger charge is 2.23. The van der Waals surface area contributed by atoms with E-state index in [1.165, 1.54) is 0 Å². The minimum absolute atomic E-state index is 0.0591. The molecular formula is C11H9BrF2N2O2. The smallest absolute Gasteiger partial charge is 0.340 e. The summed E-state index contributed by atoms with van der Waals surface area (Å²) in [6, 6.07) is 2.89. The third-order valence-corrected chi connectivity index (χ3v) is 2.61. The number of rotatable bonds is 4. The Bertz CT molecular complexity index is 501. The van der Waals surface area contributed by atoms with Crippen molar-refractivity contribution in [2.75, 3.05) is 6.61 Å². The van der Waals surface area contributed by atoms with E-state index >= 15 is 0 Å². The molecule has 1 heterocycles. The average molecular weight is 319 g/mol. The van der Waals surface area contributed by atoms with Crippen molar-refractivity contribution in [1.82, 2.24) is 4.98 Å². The van der Waals surface area contributed by atoms with Gasteiger partial charge in [0, 0.05) is 5.33 Å². The number of nitrogens with zero attached hydrogens (tertiary/aromatic N) is 2. The second-order valence-electron chi connectivity index (χ2n) is 3.18. The van der Waals surface area contributed by atoms with Gasteiger partial charge in [-0.15, -0.1) is 0 Å². The van der Waals surface area contributed by atoms with Crippen LogP contribution in [0.2, 0.25) is 0 Å². The van der Waals surface area contributed by atoms with Gasteiger partial charge in [-0.2, -0.15) is 5.26 Å². The van der Waals surface area contributed by atoms with Crippen LogP contribution in [0.25, 0.3) is 0 Å². The number of esters is 1. The molecule has 0 unspecified atom stereocenters. The van der Waals surface area contributed by atoms with E-state index in [2.05, 4.69) is 25.7 Å². The van der Waals surface area contributed by atoms with E-state index in [0.29, 0.717) is 0 Å². The van der Waals surface area contributed by atoms with E-state index in [9.17, 15) is 13.6 Å². The van der Waals surface area contributed by atoms with Crippen LogP contribution in [0.4, 0.5) is 8.78 Å². The van der Waals surface area contributed by atoms with Gasteiger partial charge in [-0.3, -0.25) is 0 Å². The average Bonchev–Trinajstić information content (AvgIpc) is 2.37. The van der Waals surface area contributed by atoms with E-state index in [4.69, 9.17) is 5.26 Å². The number of carbonyl (C=O) groups excluding carboxylic acids is 1. The number of hydrogen-bond acceptors (Lipinski definition) is 4. The van der Waals surface area contributed by atoms with Gasteiger partial charge in [0.15, 0.2) is 0 Å². The van der Waals surface area contributed by atoms with Crippen LogP contribution in [-0.4, -0.2) is 17.6 Å². The summed E-state index contributed by atoms with van der Waals surface area (Å²) in [6.45, 7) is 1.62. The zero-order valence-corrected chi connectivity index (χ0v) is 11.0. The van der Waals surface area contributed by atoms with Crippen molar-refractivity contribution in [2.24, 2.45) is 0 Å². The highest BCUT2D eigenvalue weighted by Crippen LogP contribution is 2.25. The number of alkyl halides is 3. The van der Waals surface area contributed by atoms with Gasteiger partial charge >= 0.3 is 5.97 Å². The predicted molar refractivity (Wildman–Crippen MR) is 62.5 cm³/mol. The molecule has 0 N–H and O–H groups in total. The third kappa shape index (κ3) is 3.01. The molecule has 0 aliphatic carbocycles. The van der Waals surface area contributed by atoms with Gasteiger partial charge in [0.1, 0.15) is 11.8 Å². The second kappa shape index (κ2) is 6.40. The Labute approximate surface area is 111 Å². The SMILES string of the molecule is CCOC(=O)c1cc(C#N)c(CBr)nc1C(F)F. The molecule has 1 rings (SSSR count). The summed E-state index contributed by atoms with van der Waals surface area (Å²) in [5.41, 5.74) is -0.796. The first-order chi connectivity index (χ1) is 8.54.